The molecule has 0 aliphatic carbocycles. The molecule has 0 radical (unpaired) electrons. The number of nitrogen functional groups attached to an aromatic ring is 1. The van der Waals surface area contributed by atoms with Crippen molar-refractivity contribution in [2.24, 2.45) is 0 Å². The highest BCUT2D eigenvalue weighted by molar-refractivity contribution is 9.10. The molecule has 1 amide bonds. The fourth-order valence-corrected chi connectivity index (χ4v) is 1.79. The molecule has 0 aliphatic heterocycles. The molecule has 0 unspecified atom stereocenters. The fourth-order valence-electron chi connectivity index (χ4n) is 1.37. The highest BCUT2D eigenvalue weighted by Gasteiger charge is 2.10. The Morgan fingerprint density at radius 3 is 2.83 bits per heavy atom. The lowest BCUT2D eigenvalue weighted by atomic mass is 10.2. The number of hydrogen-bond acceptors (Lipinski definition) is 3. The van der Waals surface area contributed by atoms with Crippen LogP contribution in [0.5, 0.6) is 0 Å². The summed E-state index contributed by atoms with van der Waals surface area (Å²) in [4.78, 5) is 15.8. The van der Waals surface area contributed by atoms with Gasteiger partial charge in [0.05, 0.1) is 10.6 Å². The van der Waals surface area contributed by atoms with E-state index < -0.39 is 0 Å². The molecule has 1 aromatic carbocycles. The van der Waals surface area contributed by atoms with E-state index in [1.165, 1.54) is 12.4 Å². The van der Waals surface area contributed by atoms with Crippen molar-refractivity contribution in [2.45, 2.75) is 0 Å². The Balaban J connectivity index is 2.22. The van der Waals surface area contributed by atoms with Crippen LogP contribution in [0.1, 0.15) is 10.4 Å². The van der Waals surface area contributed by atoms with Gasteiger partial charge in [0.25, 0.3) is 5.91 Å². The number of nitrogens with zero attached hydrogens (tertiary/aromatic N) is 1. The van der Waals surface area contributed by atoms with E-state index in [1.807, 2.05) is 0 Å². The van der Waals surface area contributed by atoms with Crippen LogP contribution >= 0.6 is 27.5 Å². The average molecular weight is 327 g/mol. The molecule has 0 fully saturated rings. The molecule has 0 atom stereocenters. The molecule has 1 heterocycles. The molecule has 6 heteroatoms. The lowest BCUT2D eigenvalue weighted by molar-refractivity contribution is 0.102. The number of nitrogens with two attached hydrogens (primary N) is 1. The second-order valence-corrected chi connectivity index (χ2v) is 4.81. The summed E-state index contributed by atoms with van der Waals surface area (Å²) in [5.41, 5.74) is 7.00. The number of carbonyl (C=O) groups excluding carboxylic acids is 1. The normalized spacial score (nSPS) is 10.1. The Morgan fingerprint density at radius 1 is 1.39 bits per heavy atom. The van der Waals surface area contributed by atoms with Crippen LogP contribution in [0.25, 0.3) is 0 Å². The minimum absolute atomic E-state index is 0.320. The molecule has 4 nitrogen and oxygen atoms in total. The summed E-state index contributed by atoms with van der Waals surface area (Å²) in [6.07, 6.45) is 2.95. The Labute approximate surface area is 117 Å². The molecule has 2 rings (SSSR count). The van der Waals surface area contributed by atoms with E-state index in [0.29, 0.717) is 22.0 Å². The second kappa shape index (κ2) is 5.37. The first kappa shape index (κ1) is 12.9. The number of aromatic nitrogens is 1. The van der Waals surface area contributed by atoms with Gasteiger partial charge in [-0.1, -0.05) is 11.6 Å². The summed E-state index contributed by atoms with van der Waals surface area (Å²) in [5.74, 6) is -0.320. The number of nitrogens with one attached hydrogen (secondary N) is 1. The third-order valence-electron chi connectivity index (χ3n) is 2.28. The van der Waals surface area contributed by atoms with Crippen molar-refractivity contribution in [3.63, 3.8) is 0 Å². The first-order chi connectivity index (χ1) is 8.58. The Hall–Kier alpha value is -1.59. The van der Waals surface area contributed by atoms with E-state index >= 15 is 0 Å². The van der Waals surface area contributed by atoms with Crippen molar-refractivity contribution in [2.75, 3.05) is 11.1 Å². The van der Waals surface area contributed by atoms with Crippen molar-refractivity contribution >= 4 is 44.8 Å². The van der Waals surface area contributed by atoms with Crippen molar-refractivity contribution in [3.05, 3.63) is 51.7 Å². The highest BCUT2D eigenvalue weighted by atomic mass is 79.9. The van der Waals surface area contributed by atoms with Gasteiger partial charge in [0.2, 0.25) is 0 Å². The number of carbonyl (C=O) groups is 1. The summed E-state index contributed by atoms with van der Waals surface area (Å²) < 4.78 is 0.767. The van der Waals surface area contributed by atoms with Crippen molar-refractivity contribution in [1.29, 1.82) is 0 Å². The average Bonchev–Trinajstić information content (AvgIpc) is 2.34. The zero-order chi connectivity index (χ0) is 13.1. The lowest BCUT2D eigenvalue weighted by Gasteiger charge is -2.07. The predicted molar refractivity (Wildman–Crippen MR) is 75.8 cm³/mol. The number of amides is 1. The Morgan fingerprint density at radius 2 is 2.17 bits per heavy atom. The molecule has 1 aromatic heterocycles. The third-order valence-corrected chi connectivity index (χ3v) is 3.51. The first-order valence-corrected chi connectivity index (χ1v) is 6.21. The van der Waals surface area contributed by atoms with E-state index in [9.17, 15) is 4.79 Å². The molecule has 92 valence electrons. The predicted octanol–water partition coefficient (Wildman–Crippen LogP) is 3.33. The minimum atomic E-state index is -0.320. The molecule has 2 aromatic rings. The minimum Gasteiger partial charge on any atom is -0.398 e. The number of hydrogen-bond donors (Lipinski definition) is 2. The van der Waals surface area contributed by atoms with Crippen LogP contribution < -0.4 is 11.1 Å². The SMILES string of the molecule is Nc1ccncc1C(=O)Nc1ccc(Br)c(Cl)c1. The van der Waals surface area contributed by atoms with E-state index in [2.05, 4.69) is 26.2 Å². The van der Waals surface area contributed by atoms with Crippen molar-refractivity contribution < 1.29 is 4.79 Å². The standard InChI is InChI=1S/C12H9BrClN3O/c13-9-2-1-7(5-10(9)14)17-12(18)8-6-16-4-3-11(8)15/h1-6H,(H2,15,16)(H,17,18). The van der Waals surface area contributed by atoms with Gasteiger partial charge in [-0.15, -0.1) is 0 Å². The van der Waals surface area contributed by atoms with Crippen molar-refractivity contribution in [1.82, 2.24) is 4.98 Å². The van der Waals surface area contributed by atoms with E-state index in [-0.39, 0.29) is 5.91 Å². The number of rotatable bonds is 2. The third kappa shape index (κ3) is 2.80. The molecule has 0 spiro atoms. The molecule has 0 saturated carbocycles. The number of anilines is 2. The van der Waals surface area contributed by atoms with Crippen LogP contribution in [0.2, 0.25) is 5.02 Å². The van der Waals surface area contributed by atoms with Gasteiger partial charge < -0.3 is 11.1 Å². The van der Waals surface area contributed by atoms with E-state index in [4.69, 9.17) is 17.3 Å². The number of benzene rings is 1. The zero-order valence-electron chi connectivity index (χ0n) is 9.15. The molecule has 0 bridgehead atoms. The largest absolute Gasteiger partial charge is 0.398 e. The summed E-state index contributed by atoms with van der Waals surface area (Å²) in [6, 6.07) is 6.71. The smallest absolute Gasteiger partial charge is 0.259 e. The fraction of sp³-hybridized carbons (Fsp3) is 0. The first-order valence-electron chi connectivity index (χ1n) is 5.04. The van der Waals surface area contributed by atoms with E-state index in [1.54, 1.807) is 24.3 Å². The maximum Gasteiger partial charge on any atom is 0.259 e. The summed E-state index contributed by atoms with van der Waals surface area (Å²) in [5, 5.41) is 3.22. The van der Waals surface area contributed by atoms with Gasteiger partial charge in [-0.3, -0.25) is 9.78 Å². The summed E-state index contributed by atoms with van der Waals surface area (Å²) in [7, 11) is 0. The second-order valence-electron chi connectivity index (χ2n) is 3.55. The maximum absolute atomic E-state index is 11.9. The Kier molecular flexibility index (Phi) is 3.84. The van der Waals surface area contributed by atoms with Gasteiger partial charge in [-0.05, 0) is 40.2 Å². The topological polar surface area (TPSA) is 68.0 Å². The number of pyridine rings is 1. The molecular weight excluding hydrogens is 318 g/mol. The molecule has 18 heavy (non-hydrogen) atoms. The molecular formula is C12H9BrClN3O. The Bertz CT molecular complexity index is 604. The highest BCUT2D eigenvalue weighted by Crippen LogP contribution is 2.26. The van der Waals surface area contributed by atoms with Gasteiger partial charge in [-0.25, -0.2) is 0 Å². The quantitative estimate of drug-likeness (QED) is 0.889. The van der Waals surface area contributed by atoms with E-state index in [0.717, 1.165) is 4.47 Å². The van der Waals surface area contributed by atoms with Crippen LogP contribution in [-0.2, 0) is 0 Å². The molecule has 0 saturated heterocycles. The summed E-state index contributed by atoms with van der Waals surface area (Å²) >= 11 is 9.22. The van der Waals surface area contributed by atoms with Crippen LogP contribution in [0.4, 0.5) is 11.4 Å². The van der Waals surface area contributed by atoms with Gasteiger partial charge in [0.1, 0.15) is 0 Å². The maximum atomic E-state index is 11.9. The van der Waals surface area contributed by atoms with Crippen LogP contribution in [-0.4, -0.2) is 10.9 Å². The van der Waals surface area contributed by atoms with Gasteiger partial charge >= 0.3 is 0 Å². The van der Waals surface area contributed by atoms with Crippen LogP contribution in [0.15, 0.2) is 41.1 Å². The summed E-state index contributed by atoms with van der Waals surface area (Å²) in [6.45, 7) is 0. The number of halogens is 2. The van der Waals surface area contributed by atoms with Crippen LogP contribution in [0, 0.1) is 0 Å². The van der Waals surface area contributed by atoms with Gasteiger partial charge in [-0.2, -0.15) is 0 Å². The van der Waals surface area contributed by atoms with Gasteiger partial charge in [0.15, 0.2) is 0 Å². The molecule has 0 aliphatic rings. The molecule has 3 N–H and O–H groups in total. The zero-order valence-corrected chi connectivity index (χ0v) is 11.5. The monoisotopic (exact) mass is 325 g/mol. The van der Waals surface area contributed by atoms with Crippen molar-refractivity contribution in [3.8, 4) is 0 Å². The lowest BCUT2D eigenvalue weighted by Crippen LogP contribution is -2.14. The van der Waals surface area contributed by atoms with Gasteiger partial charge in [0, 0.05) is 28.2 Å². The van der Waals surface area contributed by atoms with Crippen LogP contribution in [0.3, 0.4) is 0 Å².